The largest absolute Gasteiger partial charge is 0.394 e. The van der Waals surface area contributed by atoms with E-state index >= 15 is 0 Å². The summed E-state index contributed by atoms with van der Waals surface area (Å²) in [6.07, 6.45) is 52.6. The van der Waals surface area contributed by atoms with E-state index in [0.29, 0.717) is 12.8 Å². The normalized spacial score (nSPS) is 13.4. The Morgan fingerprint density at radius 1 is 0.370 bits per heavy atom. The minimum absolute atomic E-state index is 0.308. The van der Waals surface area contributed by atoms with Crippen molar-refractivity contribution in [2.45, 2.75) is 302 Å². The fourth-order valence-electron chi connectivity index (χ4n) is 8.08. The van der Waals surface area contributed by atoms with Crippen LogP contribution in [0.25, 0.3) is 0 Å². The molecule has 0 aromatic carbocycles. The van der Waals surface area contributed by atoms with Gasteiger partial charge in [-0.3, -0.25) is 4.79 Å². The lowest BCUT2D eigenvalue weighted by Gasteiger charge is -2.23. The van der Waals surface area contributed by atoms with Gasteiger partial charge in [-0.05, 0) is 12.8 Å². The van der Waals surface area contributed by atoms with E-state index in [4.69, 9.17) is 0 Å². The summed E-state index contributed by atoms with van der Waals surface area (Å²) in [5, 5.41) is 33.4. The predicted molar refractivity (Wildman–Crippen MR) is 236 cm³/mol. The van der Waals surface area contributed by atoms with E-state index in [9.17, 15) is 20.1 Å². The van der Waals surface area contributed by atoms with Crippen LogP contribution in [0.2, 0.25) is 0 Å². The van der Waals surface area contributed by atoms with E-state index in [-0.39, 0.29) is 6.61 Å². The summed E-state index contributed by atoms with van der Waals surface area (Å²) < 4.78 is 0. The van der Waals surface area contributed by atoms with Gasteiger partial charge in [0.25, 0.3) is 0 Å². The monoisotopic (exact) mass is 766 g/mol. The van der Waals surface area contributed by atoms with Gasteiger partial charge in [0.2, 0.25) is 5.91 Å². The molecule has 3 unspecified atom stereocenters. The topological polar surface area (TPSA) is 89.8 Å². The molecule has 0 fully saturated rings. The van der Waals surface area contributed by atoms with Crippen molar-refractivity contribution in [1.29, 1.82) is 0 Å². The van der Waals surface area contributed by atoms with Crippen molar-refractivity contribution in [3.8, 4) is 0 Å². The number of nitrogens with one attached hydrogen (secondary N) is 1. The Morgan fingerprint density at radius 2 is 0.593 bits per heavy atom. The fourth-order valence-corrected chi connectivity index (χ4v) is 8.08. The number of amides is 1. The third-order valence-corrected chi connectivity index (χ3v) is 12.0. The van der Waals surface area contributed by atoms with Crippen LogP contribution in [0.4, 0.5) is 0 Å². The van der Waals surface area contributed by atoms with Gasteiger partial charge in [0.05, 0.1) is 18.8 Å². The molecule has 0 aliphatic carbocycles. The van der Waals surface area contributed by atoms with Gasteiger partial charge < -0.3 is 20.6 Å². The molecule has 0 spiro atoms. The molecule has 5 nitrogen and oxygen atoms in total. The summed E-state index contributed by atoms with van der Waals surface area (Å²) in [5.41, 5.74) is 0. The van der Waals surface area contributed by atoms with Gasteiger partial charge in [-0.15, -0.1) is 0 Å². The quantitative estimate of drug-likeness (QED) is 0.0465. The Labute approximate surface area is 338 Å². The number of unbranched alkanes of at least 4 members (excludes halogenated alkanes) is 38. The van der Waals surface area contributed by atoms with Crippen LogP contribution >= 0.6 is 0 Å². The third kappa shape index (κ3) is 39.6. The maximum Gasteiger partial charge on any atom is 0.249 e. The Kier molecular flexibility index (Phi) is 44.5. The highest BCUT2D eigenvalue weighted by molar-refractivity contribution is 5.80. The molecule has 4 N–H and O–H groups in total. The summed E-state index contributed by atoms with van der Waals surface area (Å²) in [7, 11) is 0. The van der Waals surface area contributed by atoms with Crippen molar-refractivity contribution < 1.29 is 20.1 Å². The Hall–Kier alpha value is -0.650. The zero-order valence-electron chi connectivity index (χ0n) is 36.9. The van der Waals surface area contributed by atoms with E-state index in [0.717, 1.165) is 32.1 Å². The number of hydrogen-bond acceptors (Lipinski definition) is 4. The highest BCUT2D eigenvalue weighted by atomic mass is 16.3. The number of rotatable bonds is 46. The maximum absolute atomic E-state index is 12.5. The molecule has 0 aromatic heterocycles. The van der Waals surface area contributed by atoms with E-state index in [1.807, 2.05) is 0 Å². The highest BCUT2D eigenvalue weighted by Crippen LogP contribution is 2.18. The molecule has 0 saturated carbocycles. The van der Waals surface area contributed by atoms with Crippen molar-refractivity contribution in [2.75, 3.05) is 6.61 Å². The summed E-state index contributed by atoms with van der Waals surface area (Å²) in [5.74, 6) is -0.464. The fraction of sp³-hybridized carbons (Fsp3) is 0.980. The van der Waals surface area contributed by atoms with Gasteiger partial charge in [-0.2, -0.15) is 0 Å². The molecule has 0 heterocycles. The first-order chi connectivity index (χ1) is 26.6. The summed E-state index contributed by atoms with van der Waals surface area (Å²) in [6, 6.07) is -0.706. The molecule has 0 aromatic rings. The number of carbonyl (C=O) groups is 1. The molecule has 0 rings (SSSR count). The lowest BCUT2D eigenvalue weighted by Crippen LogP contribution is -2.49. The van der Waals surface area contributed by atoms with Crippen LogP contribution in [0.3, 0.4) is 0 Å². The Morgan fingerprint density at radius 3 is 0.833 bits per heavy atom. The average molecular weight is 766 g/mol. The van der Waals surface area contributed by atoms with Crippen molar-refractivity contribution in [3.05, 3.63) is 0 Å². The number of carbonyl (C=O) groups excluding carboxylic acids is 1. The van der Waals surface area contributed by atoms with Crippen molar-refractivity contribution >= 4 is 5.91 Å². The molecule has 54 heavy (non-hydrogen) atoms. The molecule has 0 aliphatic heterocycles. The van der Waals surface area contributed by atoms with Crippen molar-refractivity contribution in [3.63, 3.8) is 0 Å². The van der Waals surface area contributed by atoms with Crippen LogP contribution in [0, 0.1) is 0 Å². The van der Waals surface area contributed by atoms with Crippen molar-refractivity contribution in [1.82, 2.24) is 5.32 Å². The van der Waals surface area contributed by atoms with Gasteiger partial charge in [0.15, 0.2) is 0 Å². The molecular weight excluding hydrogens is 667 g/mol. The molecule has 0 aliphatic rings. The Balaban J connectivity index is 3.53. The van der Waals surface area contributed by atoms with Gasteiger partial charge in [-0.1, -0.05) is 271 Å². The lowest BCUT2D eigenvalue weighted by atomic mass is 10.0. The Bertz CT molecular complexity index is 718. The zero-order chi connectivity index (χ0) is 39.4. The van der Waals surface area contributed by atoms with Crippen molar-refractivity contribution in [2.24, 2.45) is 0 Å². The molecule has 324 valence electrons. The van der Waals surface area contributed by atoms with Crippen LogP contribution in [-0.2, 0) is 4.79 Å². The number of aliphatic hydroxyl groups excluding tert-OH is 3. The van der Waals surface area contributed by atoms with E-state index in [1.165, 1.54) is 225 Å². The highest BCUT2D eigenvalue weighted by Gasteiger charge is 2.23. The SMILES string of the molecule is CCCCCCCCCCCCCCCCCCCCCCCCCC(O)C(=O)NC(CO)C(O)CCCCCCCCCCCCCCCCCCC. The molecule has 0 saturated heterocycles. The van der Waals surface area contributed by atoms with E-state index < -0.39 is 24.2 Å². The summed E-state index contributed by atoms with van der Waals surface area (Å²) in [6.45, 7) is 4.26. The smallest absolute Gasteiger partial charge is 0.249 e. The first kappa shape index (κ1) is 53.4. The summed E-state index contributed by atoms with van der Waals surface area (Å²) in [4.78, 5) is 12.5. The van der Waals surface area contributed by atoms with Gasteiger partial charge in [0, 0.05) is 0 Å². The second kappa shape index (κ2) is 45.1. The molecular formula is C49H99NO4. The van der Waals surface area contributed by atoms with Crippen LogP contribution in [0.1, 0.15) is 284 Å². The first-order valence-electron chi connectivity index (χ1n) is 24.8. The van der Waals surface area contributed by atoms with Crippen LogP contribution in [0.15, 0.2) is 0 Å². The van der Waals surface area contributed by atoms with Gasteiger partial charge in [0.1, 0.15) is 6.10 Å². The zero-order valence-corrected chi connectivity index (χ0v) is 36.9. The average Bonchev–Trinajstić information content (AvgIpc) is 3.18. The molecule has 0 radical (unpaired) electrons. The molecule has 5 heteroatoms. The second-order valence-electron chi connectivity index (χ2n) is 17.4. The number of aliphatic hydroxyl groups is 3. The minimum atomic E-state index is -1.07. The third-order valence-electron chi connectivity index (χ3n) is 12.0. The number of hydrogen-bond donors (Lipinski definition) is 4. The van der Waals surface area contributed by atoms with Crippen LogP contribution < -0.4 is 5.32 Å². The predicted octanol–water partition coefficient (Wildman–Crippen LogP) is 14.6. The maximum atomic E-state index is 12.5. The van der Waals surface area contributed by atoms with E-state index in [1.54, 1.807) is 0 Å². The van der Waals surface area contributed by atoms with Gasteiger partial charge >= 0.3 is 0 Å². The first-order valence-corrected chi connectivity index (χ1v) is 24.8. The van der Waals surface area contributed by atoms with Gasteiger partial charge in [-0.25, -0.2) is 0 Å². The molecule has 1 amide bonds. The second-order valence-corrected chi connectivity index (χ2v) is 17.4. The van der Waals surface area contributed by atoms with E-state index in [2.05, 4.69) is 19.2 Å². The molecule has 0 bridgehead atoms. The minimum Gasteiger partial charge on any atom is -0.394 e. The standard InChI is InChI=1S/C49H99NO4/c1-3-5-7-9-11-13-15-17-19-21-22-23-24-25-26-28-30-32-34-36-38-40-42-44-48(53)49(54)50-46(45-51)47(52)43-41-39-37-35-33-31-29-27-20-18-16-14-12-10-8-6-4-2/h46-48,51-53H,3-45H2,1-2H3,(H,50,54). The molecule has 3 atom stereocenters. The summed E-state index contributed by atoms with van der Waals surface area (Å²) >= 11 is 0. The van der Waals surface area contributed by atoms with Crippen LogP contribution in [0.5, 0.6) is 0 Å². The lowest BCUT2D eigenvalue weighted by molar-refractivity contribution is -0.131. The van der Waals surface area contributed by atoms with Crippen LogP contribution in [-0.4, -0.2) is 46.1 Å².